The van der Waals surface area contributed by atoms with E-state index in [1.807, 2.05) is 30.3 Å². The van der Waals surface area contributed by atoms with Gasteiger partial charge in [-0.1, -0.05) is 52.9 Å². The second-order valence-corrected chi connectivity index (χ2v) is 5.15. The minimum atomic E-state index is -0.683. The average Bonchev–Trinajstić information content (AvgIpc) is 2.56. The van der Waals surface area contributed by atoms with Crippen LogP contribution < -0.4 is 5.43 Å². The van der Waals surface area contributed by atoms with Crippen molar-refractivity contribution < 1.29 is 9.85 Å². The van der Waals surface area contributed by atoms with Gasteiger partial charge in [0, 0.05) is 10.5 Å². The molecule has 9 heteroatoms. The number of hydrogen-bond donors (Lipinski definition) is 1. The molecule has 2 aromatic carbocycles. The molecule has 0 unspecified atom stereocenters. The number of rotatable bonds is 6. The molecule has 23 heavy (non-hydrogen) atoms. The lowest BCUT2D eigenvalue weighted by Gasteiger charge is -2.06. The van der Waals surface area contributed by atoms with Crippen LogP contribution in [0.1, 0.15) is 5.56 Å². The Morgan fingerprint density at radius 2 is 1.78 bits per heavy atom. The van der Waals surface area contributed by atoms with E-state index in [0.717, 1.165) is 11.6 Å². The zero-order valence-corrected chi connectivity index (χ0v) is 13.8. The van der Waals surface area contributed by atoms with Crippen LogP contribution in [0, 0.1) is 20.2 Å². The van der Waals surface area contributed by atoms with E-state index in [1.54, 1.807) is 0 Å². The highest BCUT2D eigenvalue weighted by Crippen LogP contribution is 2.29. The van der Waals surface area contributed by atoms with Gasteiger partial charge in [-0.2, -0.15) is 5.10 Å². The molecule has 2 aromatic rings. The molecule has 0 saturated heterocycles. The summed E-state index contributed by atoms with van der Waals surface area (Å²) in [5, 5.41) is 26.0. The van der Waals surface area contributed by atoms with Crippen LogP contribution in [0.4, 0.5) is 17.1 Å². The molecule has 0 saturated carbocycles. The number of non-ortho nitro benzene ring substituents is 1. The molecule has 0 spiro atoms. The van der Waals surface area contributed by atoms with Gasteiger partial charge in [-0.05, 0) is 11.6 Å². The van der Waals surface area contributed by atoms with Crippen LogP contribution in [0.25, 0.3) is 0 Å². The minimum absolute atomic E-state index is 0.0962. The maximum Gasteiger partial charge on any atom is 0.301 e. The first-order valence-electron chi connectivity index (χ1n) is 6.39. The topological polar surface area (TPSA) is 111 Å². The minimum Gasteiger partial charge on any atom is -0.271 e. The summed E-state index contributed by atoms with van der Waals surface area (Å²) in [6.45, 7) is 0. The summed E-state index contributed by atoms with van der Waals surface area (Å²) in [6.07, 6.45) is 0. The van der Waals surface area contributed by atoms with E-state index in [0.29, 0.717) is 10.1 Å². The third kappa shape index (κ3) is 4.22. The van der Waals surface area contributed by atoms with Crippen LogP contribution in [0.5, 0.6) is 0 Å². The molecule has 0 bridgehead atoms. The van der Waals surface area contributed by atoms with Gasteiger partial charge in [-0.15, -0.1) is 0 Å². The zero-order valence-electron chi connectivity index (χ0n) is 11.7. The number of nitrogens with zero attached hydrogens (tertiary/aromatic N) is 3. The van der Waals surface area contributed by atoms with E-state index in [2.05, 4.69) is 33.1 Å². The maximum absolute atomic E-state index is 11.1. The fourth-order valence-electron chi connectivity index (χ4n) is 1.81. The van der Waals surface area contributed by atoms with Gasteiger partial charge in [0.15, 0.2) is 0 Å². The number of anilines is 1. The second kappa shape index (κ2) is 7.63. The lowest BCUT2D eigenvalue weighted by atomic mass is 10.1. The lowest BCUT2D eigenvalue weighted by Crippen LogP contribution is -2.06. The number of alkyl halides is 1. The lowest BCUT2D eigenvalue weighted by molar-refractivity contribution is -0.393. The fraction of sp³-hybridized carbons (Fsp3) is 0.0714. The molecular weight excluding hydrogens is 415 g/mol. The highest BCUT2D eigenvalue weighted by Gasteiger charge is 2.19. The summed E-state index contributed by atoms with van der Waals surface area (Å²) >= 11 is 2.14. The van der Waals surface area contributed by atoms with Crippen molar-refractivity contribution >= 4 is 45.4 Å². The second-order valence-electron chi connectivity index (χ2n) is 4.39. The van der Waals surface area contributed by atoms with Gasteiger partial charge in [0.1, 0.15) is 5.69 Å². The Hall–Kier alpha value is -2.56. The molecule has 1 N–H and O–H groups in total. The zero-order chi connectivity index (χ0) is 16.8. The first-order chi connectivity index (χ1) is 11.0. The Morgan fingerprint density at radius 1 is 1.09 bits per heavy atom. The number of benzene rings is 2. The van der Waals surface area contributed by atoms with Crippen molar-refractivity contribution in [1.82, 2.24) is 0 Å². The molecule has 0 heterocycles. The Kier molecular flexibility index (Phi) is 5.57. The van der Waals surface area contributed by atoms with E-state index in [1.165, 1.54) is 12.1 Å². The normalized spacial score (nSPS) is 11.1. The maximum atomic E-state index is 11.1. The molecule has 118 valence electrons. The van der Waals surface area contributed by atoms with Gasteiger partial charge in [0.25, 0.3) is 5.69 Å². The van der Waals surface area contributed by atoms with Crippen molar-refractivity contribution in [3.05, 3.63) is 74.3 Å². The van der Waals surface area contributed by atoms with E-state index >= 15 is 0 Å². The third-order valence-electron chi connectivity index (χ3n) is 2.93. The van der Waals surface area contributed by atoms with Crippen LogP contribution in [0.3, 0.4) is 0 Å². The van der Waals surface area contributed by atoms with Crippen molar-refractivity contribution in [2.75, 3.05) is 9.85 Å². The van der Waals surface area contributed by atoms with Crippen LogP contribution in [0.2, 0.25) is 0 Å². The Morgan fingerprint density at radius 3 is 2.35 bits per heavy atom. The largest absolute Gasteiger partial charge is 0.301 e. The van der Waals surface area contributed by atoms with E-state index in [-0.39, 0.29) is 11.4 Å². The monoisotopic (exact) mass is 426 g/mol. The number of nitrogens with one attached hydrogen (secondary N) is 1. The number of nitro groups is 2. The van der Waals surface area contributed by atoms with Crippen molar-refractivity contribution in [3.63, 3.8) is 0 Å². The van der Waals surface area contributed by atoms with Crippen molar-refractivity contribution in [2.24, 2.45) is 5.10 Å². The summed E-state index contributed by atoms with van der Waals surface area (Å²) in [6, 6.07) is 12.7. The molecule has 0 aliphatic heterocycles. The highest BCUT2D eigenvalue weighted by atomic mass is 127. The Bertz CT molecular complexity index is 765. The highest BCUT2D eigenvalue weighted by molar-refractivity contribution is 14.1. The van der Waals surface area contributed by atoms with Gasteiger partial charge in [0.2, 0.25) is 0 Å². The number of nitro benzene ring substituents is 2. The van der Waals surface area contributed by atoms with E-state index in [9.17, 15) is 20.2 Å². The van der Waals surface area contributed by atoms with Gasteiger partial charge < -0.3 is 0 Å². The molecule has 0 aliphatic carbocycles. The standard InChI is InChI=1S/C14H11IN4O4/c15-9-13(10-4-2-1-3-5-10)17-16-12-7-6-11(18(20)21)8-14(12)19(22)23/h1-8,16H,9H2/b17-13+. The first kappa shape index (κ1) is 16.8. The summed E-state index contributed by atoms with van der Waals surface area (Å²) in [7, 11) is 0. The molecule has 2 rings (SSSR count). The summed E-state index contributed by atoms with van der Waals surface area (Å²) in [4.78, 5) is 20.4. The van der Waals surface area contributed by atoms with Crippen LogP contribution in [0.15, 0.2) is 53.6 Å². The Balaban J connectivity index is 2.33. The molecule has 0 atom stereocenters. The summed E-state index contributed by atoms with van der Waals surface area (Å²) < 4.78 is 0.593. The van der Waals surface area contributed by atoms with Crippen LogP contribution >= 0.6 is 22.6 Å². The predicted octanol–water partition coefficient (Wildman–Crippen LogP) is 3.75. The molecule has 0 aliphatic rings. The van der Waals surface area contributed by atoms with Gasteiger partial charge in [-0.3, -0.25) is 25.7 Å². The Labute approximate surface area is 144 Å². The van der Waals surface area contributed by atoms with Crippen LogP contribution in [-0.2, 0) is 0 Å². The van der Waals surface area contributed by atoms with Gasteiger partial charge in [0.05, 0.1) is 21.6 Å². The van der Waals surface area contributed by atoms with Crippen molar-refractivity contribution in [1.29, 1.82) is 0 Å². The quantitative estimate of drug-likeness (QED) is 0.249. The number of halogens is 1. The van der Waals surface area contributed by atoms with Gasteiger partial charge >= 0.3 is 5.69 Å². The molecule has 0 radical (unpaired) electrons. The molecule has 0 aromatic heterocycles. The third-order valence-corrected chi connectivity index (χ3v) is 3.66. The molecule has 0 fully saturated rings. The predicted molar refractivity (Wildman–Crippen MR) is 95.2 cm³/mol. The summed E-state index contributed by atoms with van der Waals surface area (Å²) in [5.74, 6) is 0. The smallest absolute Gasteiger partial charge is 0.271 e. The van der Waals surface area contributed by atoms with E-state index < -0.39 is 15.5 Å². The molecular formula is C14H11IN4O4. The SMILES string of the molecule is O=[N+]([O-])c1ccc(N/N=C(\CI)c2ccccc2)c([N+](=O)[O-])c1. The first-order valence-corrected chi connectivity index (χ1v) is 7.92. The average molecular weight is 426 g/mol. The van der Waals surface area contributed by atoms with Crippen molar-refractivity contribution in [2.45, 2.75) is 0 Å². The van der Waals surface area contributed by atoms with Crippen molar-refractivity contribution in [3.8, 4) is 0 Å². The molecule has 8 nitrogen and oxygen atoms in total. The van der Waals surface area contributed by atoms with E-state index in [4.69, 9.17) is 0 Å². The van der Waals surface area contributed by atoms with Crippen LogP contribution in [-0.4, -0.2) is 20.0 Å². The number of hydrogen-bond acceptors (Lipinski definition) is 6. The van der Waals surface area contributed by atoms with Gasteiger partial charge in [-0.25, -0.2) is 0 Å². The fourth-order valence-corrected chi connectivity index (χ4v) is 2.42. The summed E-state index contributed by atoms with van der Waals surface area (Å²) in [5.41, 5.74) is 3.58. The molecule has 0 amide bonds. The number of hydrazone groups is 1.